The van der Waals surface area contributed by atoms with Gasteiger partial charge in [0.15, 0.2) is 5.82 Å². The average molecular weight is 483 g/mol. The van der Waals surface area contributed by atoms with Gasteiger partial charge < -0.3 is 25.2 Å². The zero-order chi connectivity index (χ0) is 24.9. The van der Waals surface area contributed by atoms with E-state index in [4.69, 9.17) is 14.5 Å². The minimum absolute atomic E-state index is 0.0555. The van der Waals surface area contributed by atoms with Gasteiger partial charge >= 0.3 is 6.09 Å². The van der Waals surface area contributed by atoms with E-state index in [1.54, 1.807) is 22.0 Å². The predicted molar refractivity (Wildman–Crippen MR) is 128 cm³/mol. The van der Waals surface area contributed by atoms with Crippen LogP contribution in [0.1, 0.15) is 39.7 Å². The summed E-state index contributed by atoms with van der Waals surface area (Å²) in [4.78, 5) is 32.5. The van der Waals surface area contributed by atoms with E-state index in [1.165, 1.54) is 0 Å². The first-order chi connectivity index (χ1) is 16.6. The zero-order valence-electron chi connectivity index (χ0n) is 20.3. The molecule has 0 spiro atoms. The van der Waals surface area contributed by atoms with E-state index in [9.17, 15) is 14.7 Å². The molecule has 1 atom stereocenters. The molecule has 4 aliphatic heterocycles. The number of nitrogens with zero attached hydrogens (tertiary/aromatic N) is 3. The second-order valence-electron chi connectivity index (χ2n) is 9.98. The highest BCUT2D eigenvalue weighted by molar-refractivity contribution is 6.11. The largest absolute Gasteiger partial charge is 0.506 e. The summed E-state index contributed by atoms with van der Waals surface area (Å²) in [5, 5.41) is 18.4. The van der Waals surface area contributed by atoms with Gasteiger partial charge in [-0.05, 0) is 51.8 Å². The van der Waals surface area contributed by atoms with E-state index in [0.29, 0.717) is 54.9 Å². The Bertz CT molecular complexity index is 1180. The Kier molecular flexibility index (Phi) is 5.68. The van der Waals surface area contributed by atoms with Crippen LogP contribution < -0.4 is 16.1 Å². The van der Waals surface area contributed by atoms with Crippen LogP contribution in [0.5, 0.6) is 5.75 Å². The Balaban J connectivity index is 1.61. The lowest BCUT2D eigenvalue weighted by Gasteiger charge is -2.33. The molecule has 186 valence electrons. The summed E-state index contributed by atoms with van der Waals surface area (Å²) < 4.78 is 11.4. The quantitative estimate of drug-likeness (QED) is 0.414. The molecule has 0 aromatic heterocycles. The molecule has 0 saturated heterocycles. The number of nitrogens with one attached hydrogen (secondary N) is 3. The maximum absolute atomic E-state index is 13.1. The molecule has 4 N–H and O–H groups in total. The van der Waals surface area contributed by atoms with Crippen LogP contribution in [0.2, 0.25) is 0 Å². The van der Waals surface area contributed by atoms with E-state index < -0.39 is 11.7 Å². The molecule has 35 heavy (non-hydrogen) atoms. The normalized spacial score (nSPS) is 22.3. The van der Waals surface area contributed by atoms with E-state index in [1.807, 2.05) is 33.8 Å². The first kappa shape index (κ1) is 23.2. The fraction of sp³-hybridized carbons (Fsp3) is 0.458. The molecule has 0 radical (unpaired) electrons. The molecule has 4 aliphatic rings. The van der Waals surface area contributed by atoms with E-state index in [2.05, 4.69) is 16.1 Å². The van der Waals surface area contributed by atoms with Crippen molar-refractivity contribution >= 4 is 23.5 Å². The van der Waals surface area contributed by atoms with Gasteiger partial charge in [-0.1, -0.05) is 6.07 Å². The number of rotatable bonds is 0. The average Bonchev–Trinajstić information content (AvgIpc) is 3.38. The molecule has 0 aliphatic carbocycles. The highest BCUT2D eigenvalue weighted by atomic mass is 16.6. The summed E-state index contributed by atoms with van der Waals surface area (Å²) in [5.41, 5.74) is 5.07. The first-order valence-corrected chi connectivity index (χ1v) is 11.7. The fourth-order valence-electron chi connectivity index (χ4n) is 4.38. The van der Waals surface area contributed by atoms with Crippen molar-refractivity contribution < 1.29 is 24.2 Å². The van der Waals surface area contributed by atoms with Gasteiger partial charge in [0.05, 0.1) is 24.5 Å². The summed E-state index contributed by atoms with van der Waals surface area (Å²) in [5.74, 6) is 1.21. The smallest absolute Gasteiger partial charge is 0.416 e. The molecule has 4 bridgehead atoms. The van der Waals surface area contributed by atoms with Crippen LogP contribution in [-0.2, 0) is 20.9 Å². The van der Waals surface area contributed by atoms with Crippen molar-refractivity contribution in [1.82, 2.24) is 20.7 Å². The van der Waals surface area contributed by atoms with E-state index in [-0.39, 0.29) is 24.2 Å². The molecule has 5 rings (SSSR count). The van der Waals surface area contributed by atoms with Crippen molar-refractivity contribution in [2.24, 2.45) is 4.99 Å². The summed E-state index contributed by atoms with van der Waals surface area (Å²) in [7, 11) is 0. The first-order valence-electron chi connectivity index (χ1n) is 11.7. The Morgan fingerprint density at radius 3 is 2.86 bits per heavy atom. The number of hydrogen-bond donors (Lipinski definition) is 4. The van der Waals surface area contributed by atoms with Crippen molar-refractivity contribution in [3.63, 3.8) is 0 Å². The lowest BCUT2D eigenvalue weighted by Crippen LogP contribution is -2.44. The molecule has 11 nitrogen and oxygen atoms in total. The third-order valence-corrected chi connectivity index (χ3v) is 5.94. The van der Waals surface area contributed by atoms with Crippen molar-refractivity contribution in [1.29, 1.82) is 0 Å². The van der Waals surface area contributed by atoms with Gasteiger partial charge in [0.25, 0.3) is 5.91 Å². The lowest BCUT2D eigenvalue weighted by molar-refractivity contribution is -0.118. The van der Waals surface area contributed by atoms with E-state index >= 15 is 0 Å². The number of carbonyl (C=O) groups is 2. The van der Waals surface area contributed by atoms with Crippen LogP contribution >= 0.6 is 0 Å². The second kappa shape index (κ2) is 8.58. The predicted octanol–water partition coefficient (Wildman–Crippen LogP) is 2.14. The van der Waals surface area contributed by atoms with Gasteiger partial charge in [0, 0.05) is 24.7 Å². The molecule has 2 amide bonds. The number of phenolic OH excluding ortho intramolecular Hbond substituents is 1. The van der Waals surface area contributed by atoms with Crippen LogP contribution in [0.15, 0.2) is 46.0 Å². The van der Waals surface area contributed by atoms with Gasteiger partial charge in [-0.3, -0.25) is 9.69 Å². The number of amidine groups is 1. The van der Waals surface area contributed by atoms with Crippen LogP contribution in [-0.4, -0.2) is 64.2 Å². The number of amides is 2. The minimum atomic E-state index is -0.662. The van der Waals surface area contributed by atoms with Crippen molar-refractivity contribution in [3.05, 3.63) is 46.6 Å². The van der Waals surface area contributed by atoms with Gasteiger partial charge in [-0.15, -0.1) is 0 Å². The highest BCUT2D eigenvalue weighted by Gasteiger charge is 2.43. The van der Waals surface area contributed by atoms with E-state index in [0.717, 1.165) is 11.1 Å². The summed E-state index contributed by atoms with van der Waals surface area (Å²) >= 11 is 0. The number of fused-ring (bicyclic) bond motifs is 4. The van der Waals surface area contributed by atoms with Crippen LogP contribution in [0.25, 0.3) is 0 Å². The summed E-state index contributed by atoms with van der Waals surface area (Å²) in [6, 6.07) is 4.97. The molecule has 11 heteroatoms. The van der Waals surface area contributed by atoms with Crippen LogP contribution in [0.4, 0.5) is 10.5 Å². The fourth-order valence-corrected chi connectivity index (χ4v) is 4.38. The van der Waals surface area contributed by atoms with Gasteiger partial charge in [0.2, 0.25) is 0 Å². The summed E-state index contributed by atoms with van der Waals surface area (Å²) in [6.07, 6.45) is 0.0430. The molecule has 1 unspecified atom stereocenters. The Hall–Kier alpha value is -3.57. The number of carbonyl (C=O) groups excluding carboxylic acids is 2. The van der Waals surface area contributed by atoms with Crippen molar-refractivity contribution in [3.8, 4) is 5.75 Å². The number of hydrogen-bond acceptors (Lipinski definition) is 9. The molecular weight excluding hydrogens is 452 g/mol. The topological polar surface area (TPSA) is 128 Å². The zero-order valence-corrected chi connectivity index (χ0v) is 20.3. The molecule has 0 fully saturated rings. The highest BCUT2D eigenvalue weighted by Crippen LogP contribution is 2.38. The molecular formula is C24H30N6O5. The maximum Gasteiger partial charge on any atom is 0.416 e. The van der Waals surface area contributed by atoms with Gasteiger partial charge in [0.1, 0.15) is 23.0 Å². The third-order valence-electron chi connectivity index (χ3n) is 5.94. The molecule has 1 aromatic carbocycles. The number of benzene rings is 1. The molecule has 1 aromatic rings. The number of aromatic hydroxyl groups is 1. The number of hydrazine groups is 1. The number of ether oxygens (including phenoxy) is 2. The monoisotopic (exact) mass is 482 g/mol. The SMILES string of the molecule is CC1COCc2ccc(O)c(c2)NC2=NC3=C(CNN3C3=C2CCN3C(=O)OC(C)(C)C)C(=O)N1. The molecule has 0 saturated carbocycles. The van der Waals surface area contributed by atoms with Gasteiger partial charge in [-0.2, -0.15) is 0 Å². The van der Waals surface area contributed by atoms with Crippen molar-refractivity contribution in [2.75, 3.05) is 25.0 Å². The number of aliphatic imine (C=N–C) groups is 1. The summed E-state index contributed by atoms with van der Waals surface area (Å²) in [6.45, 7) is 8.61. The standard InChI is InChI=1S/C24H30N6O5/c1-13-11-34-12-14-5-6-18(31)17(9-14)27-19-15-7-8-29(23(33)35-24(2,3)4)22(15)30-20(28-19)16(10-25-30)21(32)26-13/h5-6,9,13,25,31H,7-8,10-12H2,1-4H3,(H,26,32)(H,27,28). The Labute approximate surface area is 203 Å². The third kappa shape index (κ3) is 4.44. The van der Waals surface area contributed by atoms with Gasteiger partial charge in [-0.25, -0.2) is 20.2 Å². The van der Waals surface area contributed by atoms with Crippen molar-refractivity contribution in [2.45, 2.75) is 52.4 Å². The molecule has 4 heterocycles. The maximum atomic E-state index is 13.1. The second-order valence-corrected chi connectivity index (χ2v) is 9.98. The minimum Gasteiger partial charge on any atom is -0.506 e. The number of phenols is 1. The number of anilines is 1. The lowest BCUT2D eigenvalue weighted by atomic mass is 10.1. The van der Waals surface area contributed by atoms with Crippen LogP contribution in [0, 0.1) is 0 Å². The Morgan fingerprint density at radius 2 is 2.09 bits per heavy atom. The Morgan fingerprint density at radius 1 is 1.29 bits per heavy atom. The van der Waals surface area contributed by atoms with Crippen LogP contribution in [0.3, 0.4) is 0 Å².